The number of fused-ring (bicyclic) bond motifs is 2. The van der Waals surface area contributed by atoms with Gasteiger partial charge in [-0.25, -0.2) is 4.79 Å². The highest BCUT2D eigenvalue weighted by atomic mass is 16.4. The standard InChI is InChI=1S/C11H14N2O3/c14-10-9-6(5-12-9)1-2-7-3-4-8(11(15)16)13(7)10/h1-2,6-9,12H,3-5H2,(H,15,16)/t6-,7-,8-,9-/m0/s1. The van der Waals surface area contributed by atoms with Gasteiger partial charge in [0.05, 0.1) is 12.1 Å². The summed E-state index contributed by atoms with van der Waals surface area (Å²) < 4.78 is 0. The molecule has 0 aromatic heterocycles. The third kappa shape index (κ3) is 1.21. The number of hydrogen-bond acceptors (Lipinski definition) is 3. The molecule has 1 amide bonds. The van der Waals surface area contributed by atoms with Gasteiger partial charge in [0, 0.05) is 12.5 Å². The lowest BCUT2D eigenvalue weighted by atomic mass is 9.91. The molecule has 5 nitrogen and oxygen atoms in total. The summed E-state index contributed by atoms with van der Waals surface area (Å²) in [6.45, 7) is 0.825. The van der Waals surface area contributed by atoms with Gasteiger partial charge in [-0.2, -0.15) is 0 Å². The number of carboxylic acid groups (broad SMARTS) is 1. The highest BCUT2D eigenvalue weighted by Crippen LogP contribution is 2.32. The molecule has 3 aliphatic rings. The molecule has 0 aromatic carbocycles. The number of carbonyl (C=O) groups excluding carboxylic acids is 1. The van der Waals surface area contributed by atoms with E-state index in [1.807, 2.05) is 6.08 Å². The Bertz CT molecular complexity index is 379. The summed E-state index contributed by atoms with van der Waals surface area (Å²) in [5.41, 5.74) is 0. The topological polar surface area (TPSA) is 69.6 Å². The maximum absolute atomic E-state index is 12.2. The Kier molecular flexibility index (Phi) is 2.04. The van der Waals surface area contributed by atoms with Gasteiger partial charge in [-0.05, 0) is 12.8 Å². The van der Waals surface area contributed by atoms with Crippen molar-refractivity contribution in [3.05, 3.63) is 12.2 Å². The van der Waals surface area contributed by atoms with Gasteiger partial charge in [-0.3, -0.25) is 4.79 Å². The normalized spacial score (nSPS) is 41.0. The largest absolute Gasteiger partial charge is 0.480 e. The van der Waals surface area contributed by atoms with Gasteiger partial charge in [0.1, 0.15) is 6.04 Å². The number of carbonyl (C=O) groups is 2. The summed E-state index contributed by atoms with van der Waals surface area (Å²) in [6.07, 6.45) is 5.40. The summed E-state index contributed by atoms with van der Waals surface area (Å²) >= 11 is 0. The van der Waals surface area contributed by atoms with E-state index < -0.39 is 12.0 Å². The van der Waals surface area contributed by atoms with E-state index >= 15 is 0 Å². The van der Waals surface area contributed by atoms with Gasteiger partial charge in [-0.15, -0.1) is 0 Å². The molecule has 0 unspecified atom stereocenters. The van der Waals surface area contributed by atoms with Crippen molar-refractivity contribution in [3.63, 3.8) is 0 Å². The maximum Gasteiger partial charge on any atom is 0.326 e. The molecule has 0 aliphatic carbocycles. The number of amides is 1. The third-order valence-electron chi connectivity index (χ3n) is 3.82. The van der Waals surface area contributed by atoms with Crippen LogP contribution in [0.25, 0.3) is 0 Å². The minimum Gasteiger partial charge on any atom is -0.480 e. The van der Waals surface area contributed by atoms with E-state index in [9.17, 15) is 9.59 Å². The SMILES string of the molecule is O=C(O)[C@@H]1CC[C@@H]2C=C[C@H]3CN[C@@H]3C(=O)N21. The molecule has 0 spiro atoms. The Morgan fingerprint density at radius 2 is 2.25 bits per heavy atom. The number of carboxylic acids is 1. The van der Waals surface area contributed by atoms with Crippen LogP contribution < -0.4 is 5.32 Å². The average Bonchev–Trinajstić information content (AvgIpc) is 2.56. The molecule has 0 radical (unpaired) electrons. The van der Waals surface area contributed by atoms with Gasteiger partial charge in [0.25, 0.3) is 0 Å². The van der Waals surface area contributed by atoms with Crippen LogP contribution in [-0.2, 0) is 9.59 Å². The number of nitrogens with zero attached hydrogens (tertiary/aromatic N) is 1. The number of rotatable bonds is 1. The molecule has 4 atom stereocenters. The van der Waals surface area contributed by atoms with Crippen molar-refractivity contribution in [2.24, 2.45) is 5.92 Å². The lowest BCUT2D eigenvalue weighted by Gasteiger charge is -2.37. The van der Waals surface area contributed by atoms with Crippen LogP contribution in [-0.4, -0.2) is 46.6 Å². The molecule has 0 aromatic rings. The molecule has 86 valence electrons. The molecule has 2 N–H and O–H groups in total. The van der Waals surface area contributed by atoms with E-state index in [0.29, 0.717) is 6.42 Å². The van der Waals surface area contributed by atoms with Crippen molar-refractivity contribution in [1.82, 2.24) is 10.2 Å². The second-order valence-corrected chi connectivity index (χ2v) is 4.68. The molecule has 0 bridgehead atoms. The smallest absolute Gasteiger partial charge is 0.326 e. The minimum atomic E-state index is -0.887. The van der Waals surface area contributed by atoms with E-state index in [0.717, 1.165) is 13.0 Å². The van der Waals surface area contributed by atoms with Crippen molar-refractivity contribution in [1.29, 1.82) is 0 Å². The molecule has 3 heterocycles. The first-order valence-electron chi connectivity index (χ1n) is 5.65. The molecule has 0 saturated carbocycles. The van der Waals surface area contributed by atoms with E-state index in [1.54, 1.807) is 4.90 Å². The summed E-state index contributed by atoms with van der Waals surface area (Å²) in [5, 5.41) is 12.2. The van der Waals surface area contributed by atoms with Crippen LogP contribution in [0.3, 0.4) is 0 Å². The van der Waals surface area contributed by atoms with E-state index in [2.05, 4.69) is 11.4 Å². The van der Waals surface area contributed by atoms with Crippen molar-refractivity contribution in [2.45, 2.75) is 31.0 Å². The molecule has 16 heavy (non-hydrogen) atoms. The van der Waals surface area contributed by atoms with E-state index in [1.165, 1.54) is 0 Å². The lowest BCUT2D eigenvalue weighted by Crippen LogP contribution is -2.61. The van der Waals surface area contributed by atoms with Crippen LogP contribution in [0, 0.1) is 5.92 Å². The zero-order chi connectivity index (χ0) is 11.3. The molecular formula is C11H14N2O3. The van der Waals surface area contributed by atoms with E-state index in [-0.39, 0.29) is 23.9 Å². The molecule has 3 aliphatic heterocycles. The predicted octanol–water partition coefficient (Wildman–Crippen LogP) is -0.412. The minimum absolute atomic E-state index is 0.0130. The monoisotopic (exact) mass is 222 g/mol. The Balaban J connectivity index is 1.92. The van der Waals surface area contributed by atoms with Crippen LogP contribution >= 0.6 is 0 Å². The summed E-state index contributed by atoms with van der Waals surface area (Å²) in [6, 6.07) is -0.842. The molecule has 5 heteroatoms. The van der Waals surface area contributed by atoms with Gasteiger partial charge in [0.2, 0.25) is 5.91 Å². The van der Waals surface area contributed by atoms with Crippen LogP contribution in [0.4, 0.5) is 0 Å². The Labute approximate surface area is 93.1 Å². The van der Waals surface area contributed by atoms with Gasteiger partial charge >= 0.3 is 5.97 Å². The van der Waals surface area contributed by atoms with Crippen LogP contribution in [0.15, 0.2) is 12.2 Å². The molecular weight excluding hydrogens is 208 g/mol. The maximum atomic E-state index is 12.2. The van der Waals surface area contributed by atoms with Crippen LogP contribution in [0.5, 0.6) is 0 Å². The molecule has 2 saturated heterocycles. The van der Waals surface area contributed by atoms with Gasteiger partial charge in [0.15, 0.2) is 0 Å². The number of aliphatic carboxylic acids is 1. The highest BCUT2D eigenvalue weighted by molar-refractivity contribution is 5.89. The fraction of sp³-hybridized carbons (Fsp3) is 0.636. The first-order valence-corrected chi connectivity index (χ1v) is 5.65. The molecule has 2 fully saturated rings. The molecule has 3 rings (SSSR count). The Hall–Kier alpha value is -1.36. The Morgan fingerprint density at radius 1 is 1.44 bits per heavy atom. The first-order chi connectivity index (χ1) is 7.68. The number of hydrogen-bond donors (Lipinski definition) is 2. The van der Waals surface area contributed by atoms with Gasteiger partial charge < -0.3 is 15.3 Å². The second kappa shape index (κ2) is 3.31. The second-order valence-electron chi connectivity index (χ2n) is 4.68. The lowest BCUT2D eigenvalue weighted by molar-refractivity contribution is -0.151. The average molecular weight is 222 g/mol. The highest BCUT2D eigenvalue weighted by Gasteiger charge is 2.47. The first kappa shape index (κ1) is 9.84. The van der Waals surface area contributed by atoms with Crippen LogP contribution in [0.2, 0.25) is 0 Å². The summed E-state index contributed by atoms with van der Waals surface area (Å²) in [5.74, 6) is -0.675. The van der Waals surface area contributed by atoms with Gasteiger partial charge in [-0.1, -0.05) is 12.2 Å². The zero-order valence-electron chi connectivity index (χ0n) is 8.80. The van der Waals surface area contributed by atoms with Crippen LogP contribution in [0.1, 0.15) is 12.8 Å². The van der Waals surface area contributed by atoms with E-state index in [4.69, 9.17) is 5.11 Å². The van der Waals surface area contributed by atoms with Crippen molar-refractivity contribution >= 4 is 11.9 Å². The Morgan fingerprint density at radius 3 is 2.88 bits per heavy atom. The zero-order valence-corrected chi connectivity index (χ0v) is 8.80. The van der Waals surface area contributed by atoms with Crippen molar-refractivity contribution in [3.8, 4) is 0 Å². The van der Waals surface area contributed by atoms with Crippen molar-refractivity contribution < 1.29 is 14.7 Å². The predicted molar refractivity (Wildman–Crippen MR) is 55.7 cm³/mol. The number of nitrogens with one attached hydrogen (secondary N) is 1. The fourth-order valence-electron chi connectivity index (χ4n) is 2.84. The summed E-state index contributed by atoms with van der Waals surface area (Å²) in [4.78, 5) is 24.8. The fourth-order valence-corrected chi connectivity index (χ4v) is 2.84. The third-order valence-corrected chi connectivity index (χ3v) is 3.82. The quantitative estimate of drug-likeness (QED) is 0.592. The van der Waals surface area contributed by atoms with Crippen molar-refractivity contribution in [2.75, 3.05) is 6.54 Å². The summed E-state index contributed by atoms with van der Waals surface area (Å²) in [7, 11) is 0.